The van der Waals surface area contributed by atoms with Crippen LogP contribution in [0.4, 0.5) is 10.2 Å². The number of benzene rings is 1. The molecule has 2 fully saturated rings. The summed E-state index contributed by atoms with van der Waals surface area (Å²) in [5, 5.41) is 9.94. The van der Waals surface area contributed by atoms with Crippen LogP contribution >= 0.6 is 0 Å². The van der Waals surface area contributed by atoms with Crippen molar-refractivity contribution in [3.05, 3.63) is 59.2 Å². The van der Waals surface area contributed by atoms with Crippen LogP contribution in [0.1, 0.15) is 48.9 Å². The second-order valence-electron chi connectivity index (χ2n) is 8.94. The smallest absolute Gasteiger partial charge is 0.147 e. The number of ether oxygens (including phenoxy) is 1. The van der Waals surface area contributed by atoms with E-state index in [2.05, 4.69) is 29.4 Å². The average molecular weight is 435 g/mol. The quantitative estimate of drug-likeness (QED) is 0.613. The minimum Gasteiger partial charge on any atom is -0.384 e. The molecule has 1 aliphatic carbocycles. The fraction of sp³-hybridized carbons (Fsp3) is 0.462. The molecule has 2 aromatic rings. The number of aromatic nitrogens is 1. The fourth-order valence-electron chi connectivity index (χ4n) is 4.48. The van der Waals surface area contributed by atoms with Crippen LogP contribution in [0, 0.1) is 24.1 Å². The van der Waals surface area contributed by atoms with Crippen molar-refractivity contribution in [2.75, 3.05) is 38.3 Å². The monoisotopic (exact) mass is 434 g/mol. The largest absolute Gasteiger partial charge is 0.384 e. The Morgan fingerprint density at radius 1 is 1.31 bits per heavy atom. The Hall–Kier alpha value is -2.91. The molecule has 1 aromatic heterocycles. The summed E-state index contributed by atoms with van der Waals surface area (Å²) in [6.45, 7) is 11.2. The zero-order chi connectivity index (χ0) is 22.8. The summed E-state index contributed by atoms with van der Waals surface area (Å²) in [6.07, 6.45) is 2.99. The van der Waals surface area contributed by atoms with Crippen LogP contribution in [0.25, 0.3) is 11.1 Å². The summed E-state index contributed by atoms with van der Waals surface area (Å²) in [5.74, 6) is 0.901. The summed E-state index contributed by atoms with van der Waals surface area (Å²) >= 11 is 0. The molecule has 1 aliphatic heterocycles. The molecule has 4 rings (SSSR count). The van der Waals surface area contributed by atoms with E-state index in [1.165, 1.54) is 0 Å². The van der Waals surface area contributed by atoms with E-state index in [0.29, 0.717) is 23.7 Å². The lowest BCUT2D eigenvalue weighted by Gasteiger charge is -2.43. The van der Waals surface area contributed by atoms with Gasteiger partial charge in [0, 0.05) is 56.4 Å². The number of aryl methyl sites for hydroxylation is 1. The third kappa shape index (κ3) is 4.49. The van der Waals surface area contributed by atoms with Gasteiger partial charge in [0.25, 0.3) is 0 Å². The summed E-state index contributed by atoms with van der Waals surface area (Å²) in [6, 6.07) is 9.80. The van der Waals surface area contributed by atoms with Gasteiger partial charge in [0.1, 0.15) is 17.7 Å². The maximum absolute atomic E-state index is 14.3. The number of pyridine rings is 1. The van der Waals surface area contributed by atoms with E-state index in [9.17, 15) is 9.65 Å². The summed E-state index contributed by atoms with van der Waals surface area (Å²) in [7, 11) is 1.70. The van der Waals surface area contributed by atoms with Crippen molar-refractivity contribution in [2.45, 2.75) is 45.1 Å². The Labute approximate surface area is 190 Å². The molecular formula is C26H31FN4O. The van der Waals surface area contributed by atoms with Gasteiger partial charge in [-0.1, -0.05) is 18.7 Å². The van der Waals surface area contributed by atoms with E-state index >= 15 is 0 Å². The molecule has 1 saturated carbocycles. The molecule has 1 atom stereocenters. The molecular weight excluding hydrogens is 403 g/mol. The van der Waals surface area contributed by atoms with Crippen molar-refractivity contribution in [3.63, 3.8) is 0 Å². The minimum atomic E-state index is -0.231. The van der Waals surface area contributed by atoms with Gasteiger partial charge in [0.2, 0.25) is 0 Å². The van der Waals surface area contributed by atoms with Gasteiger partial charge in [-0.05, 0) is 49.9 Å². The molecule has 1 saturated heterocycles. The van der Waals surface area contributed by atoms with Crippen molar-refractivity contribution in [2.24, 2.45) is 0 Å². The molecule has 168 valence electrons. The molecule has 0 bridgehead atoms. The van der Waals surface area contributed by atoms with E-state index in [-0.39, 0.29) is 11.9 Å². The first-order chi connectivity index (χ1) is 15.4. The van der Waals surface area contributed by atoms with Crippen molar-refractivity contribution >= 4 is 5.82 Å². The van der Waals surface area contributed by atoms with Crippen LogP contribution in [-0.2, 0) is 4.74 Å². The van der Waals surface area contributed by atoms with Gasteiger partial charge >= 0.3 is 0 Å². The second kappa shape index (κ2) is 9.30. The van der Waals surface area contributed by atoms with Gasteiger partial charge in [-0.2, -0.15) is 5.26 Å². The first kappa shape index (κ1) is 22.3. The van der Waals surface area contributed by atoms with E-state index < -0.39 is 0 Å². The Morgan fingerprint density at radius 2 is 2.09 bits per heavy atom. The van der Waals surface area contributed by atoms with Gasteiger partial charge in [-0.25, -0.2) is 9.37 Å². The van der Waals surface area contributed by atoms with E-state index in [0.717, 1.165) is 67.2 Å². The molecule has 32 heavy (non-hydrogen) atoms. The number of nitrogens with zero attached hydrogens (tertiary/aromatic N) is 4. The van der Waals surface area contributed by atoms with Gasteiger partial charge < -0.3 is 14.5 Å². The normalized spacial score (nSPS) is 18.5. The molecule has 6 heteroatoms. The fourth-order valence-corrected chi connectivity index (χ4v) is 4.48. The first-order valence-electron chi connectivity index (χ1n) is 11.3. The molecule has 2 aliphatic rings. The maximum Gasteiger partial charge on any atom is 0.147 e. The Kier molecular flexibility index (Phi) is 6.48. The number of anilines is 1. The van der Waals surface area contributed by atoms with Gasteiger partial charge in [-0.3, -0.25) is 0 Å². The number of piperazine rings is 1. The zero-order valence-corrected chi connectivity index (χ0v) is 19.2. The molecule has 0 radical (unpaired) electrons. The van der Waals surface area contributed by atoms with Crippen LogP contribution < -0.4 is 4.90 Å². The lowest BCUT2D eigenvalue weighted by molar-refractivity contribution is 0.177. The summed E-state index contributed by atoms with van der Waals surface area (Å²) in [4.78, 5) is 9.57. The second-order valence-corrected chi connectivity index (χ2v) is 8.94. The summed E-state index contributed by atoms with van der Waals surface area (Å²) < 4.78 is 19.5. The van der Waals surface area contributed by atoms with E-state index in [4.69, 9.17) is 9.72 Å². The number of halogens is 1. The minimum absolute atomic E-state index is 0.231. The predicted octanol–water partition coefficient (Wildman–Crippen LogP) is 5.01. The Balaban J connectivity index is 1.64. The van der Waals surface area contributed by atoms with Crippen LogP contribution in [0.15, 0.2) is 36.5 Å². The van der Waals surface area contributed by atoms with Crippen molar-refractivity contribution < 1.29 is 9.13 Å². The van der Waals surface area contributed by atoms with Crippen LogP contribution in [-0.4, -0.2) is 49.3 Å². The number of hydrogen-bond donors (Lipinski definition) is 0. The van der Waals surface area contributed by atoms with Gasteiger partial charge in [0.15, 0.2) is 0 Å². The van der Waals surface area contributed by atoms with Crippen LogP contribution in [0.2, 0.25) is 0 Å². The average Bonchev–Trinajstić information content (AvgIpc) is 3.63. The maximum atomic E-state index is 14.3. The SMILES string of the molecule is C=C(CCOC)N1CCN(c2nc(C3CC3)c(-c3ccc(C)c(F)c3)cc2C#N)CC1C. The molecule has 1 unspecified atom stereocenters. The molecule has 5 nitrogen and oxygen atoms in total. The van der Waals surface area contributed by atoms with E-state index in [1.807, 2.05) is 12.1 Å². The molecule has 1 aromatic carbocycles. The Morgan fingerprint density at radius 3 is 2.72 bits per heavy atom. The van der Waals surface area contributed by atoms with Crippen LogP contribution in [0.5, 0.6) is 0 Å². The zero-order valence-electron chi connectivity index (χ0n) is 19.2. The van der Waals surface area contributed by atoms with Gasteiger partial charge in [0.05, 0.1) is 17.9 Å². The lowest BCUT2D eigenvalue weighted by Crippen LogP contribution is -2.51. The number of nitriles is 1. The highest BCUT2D eigenvalue weighted by Crippen LogP contribution is 2.45. The van der Waals surface area contributed by atoms with Gasteiger partial charge in [-0.15, -0.1) is 0 Å². The highest BCUT2D eigenvalue weighted by atomic mass is 19.1. The third-order valence-corrected chi connectivity index (χ3v) is 6.53. The Bertz CT molecular complexity index is 1060. The highest BCUT2D eigenvalue weighted by Gasteiger charge is 2.32. The van der Waals surface area contributed by atoms with Crippen molar-refractivity contribution in [1.29, 1.82) is 5.26 Å². The topological polar surface area (TPSA) is 52.4 Å². The summed E-state index contributed by atoms with van der Waals surface area (Å²) in [5.41, 5.74) is 4.91. The number of hydrogen-bond acceptors (Lipinski definition) is 5. The number of methoxy groups -OCH3 is 1. The van der Waals surface area contributed by atoms with Crippen molar-refractivity contribution in [1.82, 2.24) is 9.88 Å². The third-order valence-electron chi connectivity index (χ3n) is 6.53. The number of rotatable bonds is 7. The van der Waals surface area contributed by atoms with E-state index in [1.54, 1.807) is 26.2 Å². The lowest BCUT2D eigenvalue weighted by atomic mass is 9.98. The molecule has 0 amide bonds. The molecule has 2 heterocycles. The molecule has 0 spiro atoms. The predicted molar refractivity (Wildman–Crippen MR) is 125 cm³/mol. The molecule has 0 N–H and O–H groups in total. The highest BCUT2D eigenvalue weighted by molar-refractivity contribution is 5.73. The standard InChI is InChI=1S/C26H31FN4O/c1-17-5-6-21(14-24(17)27)23-13-22(15-28)26(29-25(23)20-7-8-20)30-10-11-31(19(3)16-30)18(2)9-12-32-4/h5-6,13-14,19-20H,2,7-12,16H2,1,3-4H3. The first-order valence-corrected chi connectivity index (χ1v) is 11.3. The van der Waals surface area contributed by atoms with Crippen LogP contribution in [0.3, 0.4) is 0 Å². The van der Waals surface area contributed by atoms with Crippen molar-refractivity contribution in [3.8, 4) is 17.2 Å².